The van der Waals surface area contributed by atoms with Crippen molar-refractivity contribution in [2.75, 3.05) is 19.7 Å². The fourth-order valence-electron chi connectivity index (χ4n) is 5.12. The van der Waals surface area contributed by atoms with E-state index < -0.39 is 27.4 Å². The van der Waals surface area contributed by atoms with Crippen LogP contribution in [-0.2, 0) is 16.8 Å². The van der Waals surface area contributed by atoms with Gasteiger partial charge in [-0.15, -0.1) is 0 Å². The van der Waals surface area contributed by atoms with E-state index in [2.05, 4.69) is 15.3 Å². The number of nitrogens with zero attached hydrogens (tertiary/aromatic N) is 3. The topological polar surface area (TPSA) is 93.5 Å². The van der Waals surface area contributed by atoms with Crippen molar-refractivity contribution in [2.24, 2.45) is 5.92 Å². The van der Waals surface area contributed by atoms with Crippen LogP contribution in [0.15, 0.2) is 60.7 Å². The predicted molar refractivity (Wildman–Crippen MR) is 173 cm³/mol. The Morgan fingerprint density at radius 3 is 2.40 bits per heavy atom. The van der Waals surface area contributed by atoms with E-state index in [1.165, 1.54) is 40.8 Å². The van der Waals surface area contributed by atoms with Crippen molar-refractivity contribution < 1.29 is 19.1 Å². The number of amides is 1. The average Bonchev–Trinajstić information content (AvgIpc) is 3.58. The van der Waals surface area contributed by atoms with Gasteiger partial charge in [-0.1, -0.05) is 0 Å². The molecule has 8 nitrogen and oxygen atoms in total. The van der Waals surface area contributed by atoms with Gasteiger partial charge in [0.05, 0.1) is 0 Å². The molecule has 1 aliphatic rings. The van der Waals surface area contributed by atoms with Crippen molar-refractivity contribution in [3.05, 3.63) is 82.2 Å². The van der Waals surface area contributed by atoms with Gasteiger partial charge < -0.3 is 0 Å². The second-order valence-electron chi connectivity index (χ2n) is 12.0. The number of thiophene rings is 1. The van der Waals surface area contributed by atoms with Crippen LogP contribution in [0.4, 0.5) is 4.79 Å². The molecule has 2 aromatic carbocycles. The van der Waals surface area contributed by atoms with E-state index in [0.717, 1.165) is 25.2 Å². The molecule has 1 aliphatic heterocycles. The van der Waals surface area contributed by atoms with E-state index >= 15 is 0 Å². The van der Waals surface area contributed by atoms with Gasteiger partial charge in [0.25, 0.3) is 0 Å². The first-order chi connectivity index (χ1) is 20.6. The van der Waals surface area contributed by atoms with Gasteiger partial charge in [0.1, 0.15) is 0 Å². The number of carbonyl (C=O) groups excluding carboxylic acids is 3. The Bertz CT molecular complexity index is 1590. The molecule has 226 valence electrons. The normalized spacial score (nSPS) is 14.5. The van der Waals surface area contributed by atoms with E-state index in [9.17, 15) is 14.4 Å². The van der Waals surface area contributed by atoms with Gasteiger partial charge in [0.2, 0.25) is 0 Å². The summed E-state index contributed by atoms with van der Waals surface area (Å²) in [5, 5.41) is 8.33. The fourth-order valence-corrected chi connectivity index (χ4v) is 8.41. The summed E-state index contributed by atoms with van der Waals surface area (Å²) in [5.74, 6) is -0.0917. The minimum absolute atomic E-state index is 0.0223. The Morgan fingerprint density at radius 1 is 1.02 bits per heavy atom. The number of hydrogen-bond donors (Lipinski definition) is 1. The molecule has 43 heavy (non-hydrogen) atoms. The van der Waals surface area contributed by atoms with Crippen LogP contribution in [0.1, 0.15) is 78.1 Å². The summed E-state index contributed by atoms with van der Waals surface area (Å²) in [5.41, 5.74) is 2.21. The number of benzene rings is 2. The molecule has 1 atom stereocenters. The zero-order chi connectivity index (χ0) is 30.6. The molecular formula is C33H39AsN4O4S. The van der Waals surface area contributed by atoms with E-state index in [0.29, 0.717) is 25.1 Å². The van der Waals surface area contributed by atoms with Crippen molar-refractivity contribution in [1.29, 1.82) is 0 Å². The minimum atomic E-state index is -1.43. The summed E-state index contributed by atoms with van der Waals surface area (Å²) in [7, 11) is 0. The molecule has 0 spiro atoms. The summed E-state index contributed by atoms with van der Waals surface area (Å²) in [4.78, 5) is 43.3. The number of ether oxygens (including phenoxy) is 1. The molecule has 10 heteroatoms. The summed E-state index contributed by atoms with van der Waals surface area (Å²) < 4.78 is 7.28. The van der Waals surface area contributed by atoms with Crippen LogP contribution in [0.25, 0.3) is 10.2 Å². The van der Waals surface area contributed by atoms with Crippen molar-refractivity contribution in [3.63, 3.8) is 0 Å². The van der Waals surface area contributed by atoms with Crippen molar-refractivity contribution >= 4 is 58.4 Å². The van der Waals surface area contributed by atoms with Gasteiger partial charge in [-0.3, -0.25) is 0 Å². The van der Waals surface area contributed by atoms with Crippen LogP contribution in [0.2, 0.25) is 0 Å². The number of aromatic nitrogens is 2. The van der Waals surface area contributed by atoms with Crippen LogP contribution in [0.5, 0.6) is 0 Å². The molecular weight excluding hydrogens is 623 g/mol. The van der Waals surface area contributed by atoms with Crippen molar-refractivity contribution in [2.45, 2.75) is 59.0 Å². The number of hydrogen-bond acceptors (Lipinski definition) is 7. The summed E-state index contributed by atoms with van der Waals surface area (Å²) in [6, 6.07) is 19.4. The number of rotatable bonds is 10. The number of fused-ring (bicyclic) bond motifs is 1. The molecule has 1 saturated heterocycles. The second-order valence-corrected chi connectivity index (χ2v) is 15.5. The maximum atomic E-state index is 13.4. The first kappa shape index (κ1) is 31.2. The third kappa shape index (κ3) is 7.64. The molecule has 1 N–H and O–H groups in total. The van der Waals surface area contributed by atoms with E-state index in [1.807, 2.05) is 82.3 Å². The van der Waals surface area contributed by atoms with Gasteiger partial charge in [0.15, 0.2) is 0 Å². The summed E-state index contributed by atoms with van der Waals surface area (Å²) in [6.07, 6.45) is 3.17. The standard InChI is InChI=1S/C33H39AsN4O4S/c1-22(2)21-42-32(41)38-31-26(19-27(43-31)30(40)35-33(3,4)25-11-7-5-8-12-25)28(36-38)34-29(39)24-15-13-23(14-16-24)20-37-17-9-6-10-18-37/h5,7-8,11-16,19,22,34H,6,9-10,17-18,20-21H2,1-4H3,(H,35,40). The molecule has 1 unspecified atom stereocenters. The molecule has 3 heterocycles. The molecule has 5 rings (SSSR count). The number of carbonyl (C=O) groups is 3. The molecule has 0 saturated carbocycles. The van der Waals surface area contributed by atoms with Crippen LogP contribution in [-0.4, -0.2) is 66.7 Å². The van der Waals surface area contributed by atoms with Crippen LogP contribution < -0.4 is 9.80 Å². The summed E-state index contributed by atoms with van der Waals surface area (Å²) in [6.45, 7) is 11.2. The monoisotopic (exact) mass is 662 g/mol. The van der Waals surface area contributed by atoms with Gasteiger partial charge in [-0.05, 0) is 0 Å². The zero-order valence-electron chi connectivity index (χ0n) is 25.2. The maximum absolute atomic E-state index is 13.4. The number of piperidine rings is 1. The van der Waals surface area contributed by atoms with Gasteiger partial charge in [-0.25, -0.2) is 0 Å². The molecule has 0 aliphatic carbocycles. The van der Waals surface area contributed by atoms with Gasteiger partial charge in [0, 0.05) is 0 Å². The zero-order valence-corrected chi connectivity index (χ0v) is 28.1. The number of likely N-dealkylation sites (tertiary alicyclic amines) is 1. The second kappa shape index (κ2) is 13.6. The van der Waals surface area contributed by atoms with E-state index in [4.69, 9.17) is 4.74 Å². The summed E-state index contributed by atoms with van der Waals surface area (Å²) >= 11 is -0.243. The van der Waals surface area contributed by atoms with E-state index in [-0.39, 0.29) is 23.0 Å². The molecule has 0 bridgehead atoms. The Labute approximate surface area is 263 Å². The molecule has 1 amide bonds. The van der Waals surface area contributed by atoms with Crippen molar-refractivity contribution in [3.8, 4) is 0 Å². The molecule has 1 fully saturated rings. The SMILES string of the molecule is CC(C)COC(=O)n1nc([AsH]C(=O)c2ccc(CN3CCCCC3)cc2)c2cc(C(=O)NC(C)(C)c3ccccc3)sc21. The first-order valence-electron chi connectivity index (χ1n) is 14.8. The van der Waals surface area contributed by atoms with Crippen LogP contribution >= 0.6 is 11.3 Å². The quantitative estimate of drug-likeness (QED) is 0.232. The van der Waals surface area contributed by atoms with Crippen LogP contribution in [0, 0.1) is 5.92 Å². The van der Waals surface area contributed by atoms with E-state index in [1.54, 1.807) is 6.07 Å². The Morgan fingerprint density at radius 2 is 1.72 bits per heavy atom. The average molecular weight is 663 g/mol. The van der Waals surface area contributed by atoms with Gasteiger partial charge in [-0.2, -0.15) is 0 Å². The Hall–Kier alpha value is -3.26. The molecule has 4 aromatic rings. The predicted octanol–water partition coefficient (Wildman–Crippen LogP) is 5.29. The first-order valence-corrected chi connectivity index (χ1v) is 17.7. The van der Waals surface area contributed by atoms with Gasteiger partial charge >= 0.3 is 264 Å². The third-order valence-electron chi connectivity index (χ3n) is 7.52. The fraction of sp³-hybridized carbons (Fsp3) is 0.394. The van der Waals surface area contributed by atoms with Crippen LogP contribution in [0.3, 0.4) is 0 Å². The molecule has 2 aromatic heterocycles. The molecule has 0 radical (unpaired) electrons. The Kier molecular flexibility index (Phi) is 9.84. The Balaban J connectivity index is 1.38. The number of nitrogens with one attached hydrogen (secondary N) is 1. The van der Waals surface area contributed by atoms with Crippen molar-refractivity contribution in [1.82, 2.24) is 20.0 Å². The third-order valence-corrected chi connectivity index (χ3v) is 11.0.